The Bertz CT molecular complexity index is 855. The lowest BCUT2D eigenvalue weighted by Crippen LogP contribution is -2.41. The molecule has 0 aliphatic rings. The van der Waals surface area contributed by atoms with E-state index in [0.29, 0.717) is 11.1 Å². The minimum absolute atomic E-state index is 0.0102. The summed E-state index contributed by atoms with van der Waals surface area (Å²) in [7, 11) is -3.63. The lowest BCUT2D eigenvalue weighted by Gasteiger charge is -2.19. The first-order valence-electron chi connectivity index (χ1n) is 7.95. The van der Waals surface area contributed by atoms with Crippen molar-refractivity contribution in [2.45, 2.75) is 13.0 Å². The maximum atomic E-state index is 13.7. The first kappa shape index (κ1) is 20.0. The molecular formula is C18H20F2N2O3S. The van der Waals surface area contributed by atoms with Crippen LogP contribution in [0.2, 0.25) is 0 Å². The van der Waals surface area contributed by atoms with Gasteiger partial charge in [0, 0.05) is 13.1 Å². The minimum Gasteiger partial charge on any atom is -0.351 e. The number of halogens is 2. The van der Waals surface area contributed by atoms with Crippen LogP contribution in [0, 0.1) is 11.6 Å². The lowest BCUT2D eigenvalue weighted by molar-refractivity contribution is -0.121. The van der Waals surface area contributed by atoms with E-state index >= 15 is 0 Å². The fourth-order valence-corrected chi connectivity index (χ4v) is 3.10. The fourth-order valence-electron chi connectivity index (χ4n) is 2.33. The van der Waals surface area contributed by atoms with E-state index < -0.39 is 21.7 Å². The van der Waals surface area contributed by atoms with Gasteiger partial charge in [0.15, 0.2) is 0 Å². The molecule has 0 bridgehead atoms. The molecule has 8 heteroatoms. The quantitative estimate of drug-likeness (QED) is 0.760. The molecule has 0 radical (unpaired) electrons. The van der Waals surface area contributed by atoms with Gasteiger partial charge in [-0.3, -0.25) is 4.79 Å². The van der Waals surface area contributed by atoms with Gasteiger partial charge in [-0.2, -0.15) is 4.31 Å². The molecule has 1 amide bonds. The molecule has 0 saturated heterocycles. The fraction of sp³-hybridized carbons (Fsp3) is 0.278. The average molecular weight is 382 g/mol. The van der Waals surface area contributed by atoms with Gasteiger partial charge in [0.1, 0.15) is 11.6 Å². The molecule has 0 aliphatic carbocycles. The summed E-state index contributed by atoms with van der Waals surface area (Å²) in [5.74, 6) is -1.29. The Labute approximate surface area is 151 Å². The third-order valence-corrected chi connectivity index (χ3v) is 5.03. The van der Waals surface area contributed by atoms with Gasteiger partial charge in [0.2, 0.25) is 15.9 Å². The minimum atomic E-state index is -3.63. The van der Waals surface area contributed by atoms with Crippen molar-refractivity contribution < 1.29 is 22.0 Å². The Balaban J connectivity index is 1.93. The molecule has 2 aromatic rings. The van der Waals surface area contributed by atoms with Crippen LogP contribution in [0.5, 0.6) is 0 Å². The number of carbonyl (C=O) groups is 1. The number of sulfonamides is 1. The second-order valence-electron chi connectivity index (χ2n) is 5.84. The van der Waals surface area contributed by atoms with Gasteiger partial charge in [-0.05, 0) is 35.7 Å². The molecule has 0 spiro atoms. The van der Waals surface area contributed by atoms with E-state index in [1.54, 1.807) is 18.2 Å². The first-order chi connectivity index (χ1) is 12.3. The number of nitrogens with one attached hydrogen (secondary N) is 1. The highest BCUT2D eigenvalue weighted by Gasteiger charge is 2.20. The van der Waals surface area contributed by atoms with Crippen molar-refractivity contribution in [1.29, 1.82) is 0 Å². The summed E-state index contributed by atoms with van der Waals surface area (Å²) in [6, 6.07) is 11.7. The highest BCUT2D eigenvalue weighted by atomic mass is 32.2. The second-order valence-corrected chi connectivity index (χ2v) is 7.82. The van der Waals surface area contributed by atoms with E-state index in [2.05, 4.69) is 5.32 Å². The highest BCUT2D eigenvalue weighted by molar-refractivity contribution is 7.88. The van der Waals surface area contributed by atoms with Gasteiger partial charge in [-0.1, -0.05) is 30.3 Å². The van der Waals surface area contributed by atoms with Crippen molar-refractivity contribution in [3.8, 4) is 0 Å². The first-order valence-corrected chi connectivity index (χ1v) is 9.80. The predicted octanol–water partition coefficient (Wildman–Crippen LogP) is 2.09. The number of carbonyl (C=O) groups excluding carboxylic acids is 1. The molecule has 0 atom stereocenters. The summed E-state index contributed by atoms with van der Waals surface area (Å²) in [5, 5.41) is 2.59. The summed E-state index contributed by atoms with van der Waals surface area (Å²) in [4.78, 5) is 12.1. The van der Waals surface area contributed by atoms with Crippen molar-refractivity contribution in [3.05, 3.63) is 71.3 Å². The smallest absolute Gasteiger partial charge is 0.235 e. The number of rotatable bonds is 8. The van der Waals surface area contributed by atoms with Crippen molar-refractivity contribution >= 4 is 15.9 Å². The zero-order valence-corrected chi connectivity index (χ0v) is 15.1. The largest absolute Gasteiger partial charge is 0.351 e. The Morgan fingerprint density at radius 3 is 2.35 bits per heavy atom. The van der Waals surface area contributed by atoms with Crippen molar-refractivity contribution in [3.63, 3.8) is 0 Å². The van der Waals surface area contributed by atoms with Gasteiger partial charge in [0.05, 0.1) is 12.8 Å². The van der Waals surface area contributed by atoms with Gasteiger partial charge >= 0.3 is 0 Å². The number of hydrogen-bond acceptors (Lipinski definition) is 3. The van der Waals surface area contributed by atoms with E-state index in [-0.39, 0.29) is 31.9 Å². The topological polar surface area (TPSA) is 66.5 Å². The van der Waals surface area contributed by atoms with Crippen LogP contribution in [-0.2, 0) is 27.8 Å². The SMILES string of the molecule is CS(=O)(=O)N(CCc1ccccc1F)CC(=O)NCc1ccc(F)cc1. The second kappa shape index (κ2) is 8.86. The summed E-state index contributed by atoms with van der Waals surface area (Å²) in [6.45, 7) is -0.220. The predicted molar refractivity (Wildman–Crippen MR) is 94.8 cm³/mol. The van der Waals surface area contributed by atoms with Crippen LogP contribution >= 0.6 is 0 Å². The Kier molecular flexibility index (Phi) is 6.82. The molecule has 26 heavy (non-hydrogen) atoms. The molecular weight excluding hydrogens is 362 g/mol. The monoisotopic (exact) mass is 382 g/mol. The number of benzene rings is 2. The summed E-state index contributed by atoms with van der Waals surface area (Å²) in [5.41, 5.74) is 1.07. The van der Waals surface area contributed by atoms with E-state index in [9.17, 15) is 22.0 Å². The lowest BCUT2D eigenvalue weighted by atomic mass is 10.1. The van der Waals surface area contributed by atoms with E-state index in [1.165, 1.54) is 30.3 Å². The Morgan fingerprint density at radius 1 is 1.08 bits per heavy atom. The molecule has 140 valence electrons. The van der Waals surface area contributed by atoms with Crippen LogP contribution in [0.25, 0.3) is 0 Å². The average Bonchev–Trinajstić information content (AvgIpc) is 2.58. The number of hydrogen-bond donors (Lipinski definition) is 1. The third kappa shape index (κ3) is 6.20. The van der Waals surface area contributed by atoms with Gasteiger partial charge in [0.25, 0.3) is 0 Å². The van der Waals surface area contributed by atoms with E-state index in [1.807, 2.05) is 0 Å². The maximum absolute atomic E-state index is 13.7. The van der Waals surface area contributed by atoms with Crippen molar-refractivity contribution in [1.82, 2.24) is 9.62 Å². The van der Waals surface area contributed by atoms with Crippen LogP contribution in [0.15, 0.2) is 48.5 Å². The normalized spacial score (nSPS) is 11.5. The maximum Gasteiger partial charge on any atom is 0.235 e. The third-order valence-electron chi connectivity index (χ3n) is 3.78. The highest BCUT2D eigenvalue weighted by Crippen LogP contribution is 2.09. The molecule has 5 nitrogen and oxygen atoms in total. The van der Waals surface area contributed by atoms with Gasteiger partial charge in [-0.25, -0.2) is 17.2 Å². The molecule has 0 heterocycles. The molecule has 1 N–H and O–H groups in total. The van der Waals surface area contributed by atoms with Gasteiger partial charge in [-0.15, -0.1) is 0 Å². The zero-order chi connectivity index (χ0) is 19.2. The molecule has 0 saturated carbocycles. The summed E-state index contributed by atoms with van der Waals surface area (Å²) in [6.07, 6.45) is 1.16. The number of amides is 1. The van der Waals surface area contributed by atoms with Crippen molar-refractivity contribution in [2.24, 2.45) is 0 Å². The Hall–Kier alpha value is -2.32. The Morgan fingerprint density at radius 2 is 1.73 bits per heavy atom. The van der Waals surface area contributed by atoms with E-state index in [0.717, 1.165) is 10.6 Å². The zero-order valence-electron chi connectivity index (χ0n) is 14.3. The standard InChI is InChI=1S/C18H20F2N2O3S/c1-26(24,25)22(11-10-15-4-2-3-5-17(15)20)13-18(23)21-12-14-6-8-16(19)9-7-14/h2-9H,10-13H2,1H3,(H,21,23). The van der Waals surface area contributed by atoms with E-state index in [4.69, 9.17) is 0 Å². The molecule has 2 aromatic carbocycles. The van der Waals surface area contributed by atoms with Crippen molar-refractivity contribution in [2.75, 3.05) is 19.3 Å². The van der Waals surface area contributed by atoms with Crippen LogP contribution in [0.3, 0.4) is 0 Å². The molecule has 0 aliphatic heterocycles. The van der Waals surface area contributed by atoms with Crippen LogP contribution in [0.1, 0.15) is 11.1 Å². The van der Waals surface area contributed by atoms with Crippen LogP contribution < -0.4 is 5.32 Å². The van der Waals surface area contributed by atoms with Crippen LogP contribution in [0.4, 0.5) is 8.78 Å². The number of nitrogens with zero attached hydrogens (tertiary/aromatic N) is 1. The molecule has 0 unspecified atom stereocenters. The summed E-state index contributed by atoms with van der Waals surface area (Å²) < 4.78 is 51.3. The molecule has 0 aromatic heterocycles. The van der Waals surface area contributed by atoms with Crippen LogP contribution in [-0.4, -0.2) is 38.0 Å². The molecule has 2 rings (SSSR count). The van der Waals surface area contributed by atoms with Gasteiger partial charge < -0.3 is 5.32 Å². The molecule has 0 fully saturated rings. The summed E-state index contributed by atoms with van der Waals surface area (Å²) >= 11 is 0.